The summed E-state index contributed by atoms with van der Waals surface area (Å²) in [7, 11) is -0.273. The molecule has 0 saturated carbocycles. The number of rotatable bonds is 8. The fourth-order valence-electron chi connectivity index (χ4n) is 6.68. The summed E-state index contributed by atoms with van der Waals surface area (Å²) in [6.45, 7) is 0. The Balaban J connectivity index is 1.58. The van der Waals surface area contributed by atoms with Gasteiger partial charge in [0.05, 0.1) is 26.3 Å². The van der Waals surface area contributed by atoms with Gasteiger partial charge in [-0.1, -0.05) is 12.1 Å². The average molecular weight is 679 g/mol. The van der Waals surface area contributed by atoms with Crippen LogP contribution in [0.25, 0.3) is 0 Å². The SMILES string of the molecule is COc1ccc(C2C3C(=O)OC(=O)C3N3C(c4ccc(OC)c(S(=O)(=O)N(C)C)c4)C4C(=O)OC(=O)C4N23)cc1S(=O)(=O)N(C)C. The maximum absolute atomic E-state index is 13.3. The number of fused-ring (bicyclic) bond motifs is 5. The Hall–Kier alpha value is -3.94. The first-order valence-electron chi connectivity index (χ1n) is 13.9. The molecule has 0 bridgehead atoms. The van der Waals surface area contributed by atoms with Crippen LogP contribution in [0.2, 0.25) is 0 Å². The van der Waals surface area contributed by atoms with Crippen molar-refractivity contribution in [2.75, 3.05) is 42.4 Å². The number of hydrogen-bond donors (Lipinski definition) is 0. The van der Waals surface area contributed by atoms with E-state index in [2.05, 4.69) is 0 Å². The van der Waals surface area contributed by atoms with E-state index >= 15 is 0 Å². The first-order chi connectivity index (χ1) is 21.6. The molecule has 2 aromatic rings. The molecule has 4 saturated heterocycles. The minimum atomic E-state index is -4.09. The molecule has 6 rings (SSSR count). The highest BCUT2D eigenvalue weighted by atomic mass is 32.2. The van der Waals surface area contributed by atoms with Crippen LogP contribution in [0.15, 0.2) is 46.2 Å². The number of nitrogens with zero attached hydrogens (tertiary/aromatic N) is 4. The van der Waals surface area contributed by atoms with Crippen LogP contribution in [0.1, 0.15) is 23.2 Å². The largest absolute Gasteiger partial charge is 0.495 e. The van der Waals surface area contributed by atoms with Gasteiger partial charge in [-0.15, -0.1) is 0 Å². The minimum absolute atomic E-state index is 0.00872. The van der Waals surface area contributed by atoms with Gasteiger partial charge in [0.25, 0.3) is 0 Å². The molecular formula is C28H30N4O12S2. The molecule has 18 heteroatoms. The summed E-state index contributed by atoms with van der Waals surface area (Å²) in [5.41, 5.74) is 0.421. The third kappa shape index (κ3) is 4.39. The van der Waals surface area contributed by atoms with Crippen LogP contribution >= 0.6 is 0 Å². The molecule has 4 aliphatic heterocycles. The Kier molecular flexibility index (Phi) is 7.53. The van der Waals surface area contributed by atoms with Gasteiger partial charge in [0.1, 0.15) is 45.2 Å². The lowest BCUT2D eigenvalue weighted by Gasteiger charge is -2.33. The van der Waals surface area contributed by atoms with E-state index in [-0.39, 0.29) is 32.4 Å². The van der Waals surface area contributed by atoms with Crippen molar-refractivity contribution in [2.45, 2.75) is 34.0 Å². The molecule has 2 aromatic carbocycles. The zero-order chi connectivity index (χ0) is 33.6. The zero-order valence-corrected chi connectivity index (χ0v) is 27.1. The number of cyclic esters (lactones) is 4. The van der Waals surface area contributed by atoms with E-state index in [1.54, 1.807) is 0 Å². The van der Waals surface area contributed by atoms with Crippen molar-refractivity contribution < 1.29 is 55.0 Å². The molecule has 4 heterocycles. The Morgan fingerprint density at radius 2 is 0.935 bits per heavy atom. The Morgan fingerprint density at radius 1 is 0.587 bits per heavy atom. The maximum atomic E-state index is 13.3. The van der Waals surface area contributed by atoms with Gasteiger partial charge < -0.3 is 18.9 Å². The first-order valence-corrected chi connectivity index (χ1v) is 16.7. The van der Waals surface area contributed by atoms with E-state index in [0.717, 1.165) is 8.61 Å². The van der Waals surface area contributed by atoms with E-state index in [4.69, 9.17) is 18.9 Å². The second-order valence-corrected chi connectivity index (χ2v) is 15.7. The third-order valence-corrected chi connectivity index (χ3v) is 12.4. The molecule has 6 atom stereocenters. The van der Waals surface area contributed by atoms with Crippen LogP contribution in [-0.2, 0) is 48.7 Å². The molecule has 0 aromatic heterocycles. The predicted octanol–water partition coefficient (Wildman–Crippen LogP) is -0.331. The fraction of sp³-hybridized carbons (Fsp3) is 0.429. The van der Waals surface area contributed by atoms with Crippen molar-refractivity contribution in [3.05, 3.63) is 47.5 Å². The molecule has 0 amide bonds. The Morgan fingerprint density at radius 3 is 1.24 bits per heavy atom. The molecular weight excluding hydrogens is 648 g/mol. The highest BCUT2D eigenvalue weighted by molar-refractivity contribution is 7.89. The molecule has 16 nitrogen and oxygen atoms in total. The number of sulfonamides is 2. The summed E-state index contributed by atoms with van der Waals surface area (Å²) in [6, 6.07) is 3.29. The molecule has 246 valence electrons. The first kappa shape index (κ1) is 32.0. The molecule has 0 N–H and O–H groups in total. The molecule has 0 aliphatic carbocycles. The number of benzene rings is 2. The van der Waals surface area contributed by atoms with Crippen LogP contribution in [-0.4, -0.2) is 114 Å². The number of hydrogen-bond acceptors (Lipinski definition) is 14. The summed E-state index contributed by atoms with van der Waals surface area (Å²) in [5.74, 6) is -6.22. The van der Waals surface area contributed by atoms with E-state index < -0.39 is 79.9 Å². The summed E-state index contributed by atoms with van der Waals surface area (Å²) in [4.78, 5) is 52.7. The Bertz CT molecular complexity index is 1770. The normalized spacial score (nSPS) is 28.0. The van der Waals surface area contributed by atoms with Gasteiger partial charge >= 0.3 is 23.9 Å². The summed E-state index contributed by atoms with van der Waals surface area (Å²) < 4.78 is 75.8. The van der Waals surface area contributed by atoms with Gasteiger partial charge in [-0.3, -0.25) is 9.59 Å². The van der Waals surface area contributed by atoms with Gasteiger partial charge in [0.2, 0.25) is 20.0 Å². The summed E-state index contributed by atoms with van der Waals surface area (Å²) in [5, 5.41) is 2.79. The van der Waals surface area contributed by atoms with E-state index in [1.165, 1.54) is 88.8 Å². The number of methoxy groups -OCH3 is 2. The van der Waals surface area contributed by atoms with E-state index in [1.807, 2.05) is 0 Å². The van der Waals surface area contributed by atoms with Crippen LogP contribution < -0.4 is 9.47 Å². The highest BCUT2D eigenvalue weighted by Crippen LogP contribution is 2.59. The second kappa shape index (κ2) is 10.8. The standard InChI is InChI=1S/C28H30N4O12S2/c1-29(2)45(37,38)17-11-13(7-9-15(17)41-5)21-19-23(27(35)43-25(19)33)32-22(20-24(31(21)32)28(36)44-26(20)34)14-8-10-16(42-6)18(12-14)46(39,40)30(3)4/h7-12,19-24H,1-6H3. The van der Waals surface area contributed by atoms with Crippen molar-refractivity contribution in [3.8, 4) is 11.5 Å². The quantitative estimate of drug-likeness (QED) is 0.261. The van der Waals surface area contributed by atoms with Crippen molar-refractivity contribution in [2.24, 2.45) is 11.8 Å². The van der Waals surface area contributed by atoms with Gasteiger partial charge in [0, 0.05) is 28.2 Å². The summed E-state index contributed by atoms with van der Waals surface area (Å²) in [6.07, 6.45) is 0. The molecule has 0 radical (unpaired) electrons. The van der Waals surface area contributed by atoms with E-state index in [0.29, 0.717) is 0 Å². The average Bonchev–Trinajstić information content (AvgIpc) is 3.69. The Labute approximate surface area is 264 Å². The van der Waals surface area contributed by atoms with Crippen LogP contribution in [0.5, 0.6) is 11.5 Å². The molecule has 4 aliphatic rings. The maximum Gasteiger partial charge on any atom is 0.333 e. The number of esters is 4. The van der Waals surface area contributed by atoms with Gasteiger partial charge in [-0.25, -0.2) is 45.1 Å². The smallest absolute Gasteiger partial charge is 0.333 e. The monoisotopic (exact) mass is 678 g/mol. The molecule has 4 fully saturated rings. The van der Waals surface area contributed by atoms with E-state index in [9.17, 15) is 36.0 Å². The highest BCUT2D eigenvalue weighted by Gasteiger charge is 2.73. The second-order valence-electron chi connectivity index (χ2n) is 11.5. The van der Waals surface area contributed by atoms with Crippen LogP contribution in [0.3, 0.4) is 0 Å². The van der Waals surface area contributed by atoms with Crippen molar-refractivity contribution in [3.63, 3.8) is 0 Å². The number of ether oxygens (including phenoxy) is 4. The number of carbonyl (C=O) groups excluding carboxylic acids is 4. The van der Waals surface area contributed by atoms with Gasteiger partial charge in [0.15, 0.2) is 0 Å². The minimum Gasteiger partial charge on any atom is -0.495 e. The zero-order valence-electron chi connectivity index (χ0n) is 25.4. The fourth-order valence-corrected chi connectivity index (χ4v) is 8.84. The number of hydrazine groups is 1. The molecule has 46 heavy (non-hydrogen) atoms. The summed E-state index contributed by atoms with van der Waals surface area (Å²) >= 11 is 0. The third-order valence-electron chi connectivity index (χ3n) is 8.77. The van der Waals surface area contributed by atoms with Crippen molar-refractivity contribution in [1.82, 2.24) is 18.6 Å². The lowest BCUT2D eigenvalue weighted by molar-refractivity contribution is -0.167. The van der Waals surface area contributed by atoms with Crippen molar-refractivity contribution >= 4 is 43.9 Å². The van der Waals surface area contributed by atoms with Crippen LogP contribution in [0, 0.1) is 11.8 Å². The predicted molar refractivity (Wildman–Crippen MR) is 154 cm³/mol. The lowest BCUT2D eigenvalue weighted by Crippen LogP contribution is -2.45. The van der Waals surface area contributed by atoms with Gasteiger partial charge in [-0.05, 0) is 35.4 Å². The topological polar surface area (TPSA) is 186 Å². The number of carbonyl (C=O) groups is 4. The lowest BCUT2D eigenvalue weighted by atomic mass is 9.84. The molecule has 0 spiro atoms. The van der Waals surface area contributed by atoms with Gasteiger partial charge in [-0.2, -0.15) is 0 Å². The molecule has 6 unspecified atom stereocenters. The van der Waals surface area contributed by atoms with Crippen molar-refractivity contribution in [1.29, 1.82) is 0 Å². The van der Waals surface area contributed by atoms with Crippen LogP contribution in [0.4, 0.5) is 0 Å².